The van der Waals surface area contributed by atoms with E-state index >= 15 is 0 Å². The van der Waals surface area contributed by atoms with Gasteiger partial charge >= 0.3 is 0 Å². The van der Waals surface area contributed by atoms with Gasteiger partial charge in [-0.15, -0.1) is 0 Å². The van der Waals surface area contributed by atoms with E-state index in [1.807, 2.05) is 0 Å². The molecule has 0 radical (unpaired) electrons. The first-order chi connectivity index (χ1) is 3.92. The highest BCUT2D eigenvalue weighted by Gasteiger charge is 2.04. The molecule has 0 aliphatic heterocycles. The molecule has 0 aromatic heterocycles. The van der Waals surface area contributed by atoms with E-state index in [0.717, 1.165) is 0 Å². The molecule has 0 aromatic carbocycles. The second kappa shape index (κ2) is 3.07. The van der Waals surface area contributed by atoms with E-state index in [-0.39, 0.29) is 0 Å². The van der Waals surface area contributed by atoms with E-state index in [2.05, 4.69) is 0 Å². The van der Waals surface area contributed by atoms with Crippen molar-refractivity contribution in [3.63, 3.8) is 0 Å². The zero-order valence-electron chi connectivity index (χ0n) is 4.38. The van der Waals surface area contributed by atoms with Crippen molar-refractivity contribution in [2.24, 2.45) is 0 Å². The van der Waals surface area contributed by atoms with Crippen LogP contribution in [-0.2, 0) is 10.1 Å². The van der Waals surface area contributed by atoms with Crippen LogP contribution in [0.25, 0.3) is 0 Å². The van der Waals surface area contributed by atoms with Gasteiger partial charge in [-0.25, -0.2) is 17.2 Å². The molecule has 3 nitrogen and oxygen atoms in total. The van der Waals surface area contributed by atoms with Gasteiger partial charge in [-0.3, -0.25) is 0 Å². The third-order valence-electron chi connectivity index (χ3n) is 0.586. The largest absolute Gasteiger partial charge is 0.748 e. The summed E-state index contributed by atoms with van der Waals surface area (Å²) in [7, 11) is -4.45. The molecule has 0 saturated carbocycles. The van der Waals surface area contributed by atoms with Gasteiger partial charge in [0.1, 0.15) is 0 Å². The fourth-order valence-electron chi connectivity index (χ4n) is 0.233. The molecule has 0 N–H and O–H groups in total. The molecule has 0 fully saturated rings. The van der Waals surface area contributed by atoms with Crippen molar-refractivity contribution in [2.45, 2.75) is 12.8 Å². The van der Waals surface area contributed by atoms with Gasteiger partial charge in [-0.05, 0) is 0 Å². The number of alkyl halides is 2. The second-order valence-corrected chi connectivity index (χ2v) is 2.97. The molecular formula is C3H5F2O3S-. The van der Waals surface area contributed by atoms with Gasteiger partial charge in [0.05, 0.1) is 10.1 Å². The Hall–Kier alpha value is -0.230. The molecule has 0 aliphatic carbocycles. The van der Waals surface area contributed by atoms with Crippen LogP contribution in [0.15, 0.2) is 0 Å². The fourth-order valence-corrected chi connectivity index (χ4v) is 0.700. The molecule has 0 aliphatic rings. The van der Waals surface area contributed by atoms with E-state index < -0.39 is 28.7 Å². The minimum atomic E-state index is -4.45. The first-order valence-corrected chi connectivity index (χ1v) is 3.71. The monoisotopic (exact) mass is 159 g/mol. The third kappa shape index (κ3) is 7.77. The van der Waals surface area contributed by atoms with Gasteiger partial charge in [-0.2, -0.15) is 0 Å². The summed E-state index contributed by atoms with van der Waals surface area (Å²) in [5.74, 6) is -0.981. The van der Waals surface area contributed by atoms with Gasteiger partial charge in [0.2, 0.25) is 6.43 Å². The van der Waals surface area contributed by atoms with Crippen LogP contribution in [0, 0.1) is 0 Å². The SMILES string of the molecule is O=S(=O)([O-])CCC(F)F. The number of hydrogen-bond donors (Lipinski definition) is 0. The lowest BCUT2D eigenvalue weighted by Gasteiger charge is -2.04. The summed E-state index contributed by atoms with van der Waals surface area (Å²) in [4.78, 5) is 0. The average Bonchev–Trinajstić information content (AvgIpc) is 1.59. The topological polar surface area (TPSA) is 57.2 Å². The maximum Gasteiger partial charge on any atom is 0.239 e. The van der Waals surface area contributed by atoms with E-state index in [0.29, 0.717) is 0 Å². The van der Waals surface area contributed by atoms with E-state index in [9.17, 15) is 21.8 Å². The molecule has 0 rings (SSSR count). The molecule has 0 heterocycles. The van der Waals surface area contributed by atoms with E-state index in [4.69, 9.17) is 0 Å². The number of hydrogen-bond acceptors (Lipinski definition) is 3. The number of rotatable bonds is 3. The molecule has 0 saturated heterocycles. The van der Waals surface area contributed by atoms with E-state index in [1.54, 1.807) is 0 Å². The maximum absolute atomic E-state index is 11.2. The summed E-state index contributed by atoms with van der Waals surface area (Å²) in [5, 5.41) is 0. The van der Waals surface area contributed by atoms with Crippen LogP contribution in [0.1, 0.15) is 6.42 Å². The quantitative estimate of drug-likeness (QED) is 0.552. The van der Waals surface area contributed by atoms with Crippen molar-refractivity contribution in [2.75, 3.05) is 5.75 Å². The molecule has 0 amide bonds. The van der Waals surface area contributed by atoms with Crippen molar-refractivity contribution in [1.82, 2.24) is 0 Å². The highest BCUT2D eigenvalue weighted by Crippen LogP contribution is 1.99. The van der Waals surface area contributed by atoms with Gasteiger partial charge in [0.15, 0.2) is 0 Å². The smallest absolute Gasteiger partial charge is 0.239 e. The van der Waals surface area contributed by atoms with Crippen LogP contribution in [-0.4, -0.2) is 25.1 Å². The zero-order valence-corrected chi connectivity index (χ0v) is 5.20. The first kappa shape index (κ1) is 8.77. The zero-order chi connectivity index (χ0) is 7.49. The maximum atomic E-state index is 11.2. The Morgan fingerprint density at radius 3 is 2.00 bits per heavy atom. The van der Waals surface area contributed by atoms with Crippen LogP contribution >= 0.6 is 0 Å². The summed E-state index contributed by atoms with van der Waals surface area (Å²) >= 11 is 0. The van der Waals surface area contributed by atoms with Crippen LogP contribution in [0.2, 0.25) is 0 Å². The van der Waals surface area contributed by atoms with Crippen LogP contribution in [0.5, 0.6) is 0 Å². The van der Waals surface area contributed by atoms with Gasteiger partial charge < -0.3 is 4.55 Å². The summed E-state index contributed by atoms with van der Waals surface area (Å²) in [5.41, 5.74) is 0. The Balaban J connectivity index is 3.53. The molecule has 0 spiro atoms. The molecule has 9 heavy (non-hydrogen) atoms. The van der Waals surface area contributed by atoms with Crippen LogP contribution in [0.3, 0.4) is 0 Å². The minimum absolute atomic E-state index is 0.869. The van der Waals surface area contributed by atoms with Gasteiger partial charge in [0.25, 0.3) is 0 Å². The average molecular weight is 159 g/mol. The van der Waals surface area contributed by atoms with Crippen LogP contribution < -0.4 is 0 Å². The van der Waals surface area contributed by atoms with Gasteiger partial charge in [0, 0.05) is 12.2 Å². The molecule has 0 unspecified atom stereocenters. The summed E-state index contributed by atoms with van der Waals surface area (Å²) < 4.78 is 51.3. The Morgan fingerprint density at radius 2 is 1.89 bits per heavy atom. The van der Waals surface area contributed by atoms with Crippen molar-refractivity contribution < 1.29 is 21.8 Å². The fraction of sp³-hybridized carbons (Fsp3) is 1.00. The Labute approximate surface area is 51.4 Å². The lowest BCUT2D eigenvalue weighted by atomic mass is 10.5. The molecule has 56 valence electrons. The van der Waals surface area contributed by atoms with Crippen LogP contribution in [0.4, 0.5) is 8.78 Å². The molecule has 0 atom stereocenters. The minimum Gasteiger partial charge on any atom is -0.748 e. The molecular weight excluding hydrogens is 154 g/mol. The Kier molecular flexibility index (Phi) is 2.99. The summed E-state index contributed by atoms with van der Waals surface area (Å²) in [6, 6.07) is 0. The first-order valence-electron chi connectivity index (χ1n) is 2.13. The normalized spacial score (nSPS) is 12.4. The highest BCUT2D eigenvalue weighted by molar-refractivity contribution is 7.85. The molecule has 6 heteroatoms. The van der Waals surface area contributed by atoms with Crippen molar-refractivity contribution in [3.05, 3.63) is 0 Å². The van der Waals surface area contributed by atoms with Crippen molar-refractivity contribution in [1.29, 1.82) is 0 Å². The predicted octanol–water partition coefficient (Wildman–Crippen LogP) is 0.187. The predicted molar refractivity (Wildman–Crippen MR) is 25.2 cm³/mol. The Morgan fingerprint density at radius 1 is 1.44 bits per heavy atom. The van der Waals surface area contributed by atoms with Crippen molar-refractivity contribution >= 4 is 10.1 Å². The van der Waals surface area contributed by atoms with Crippen molar-refractivity contribution in [3.8, 4) is 0 Å². The highest BCUT2D eigenvalue weighted by atomic mass is 32.2. The third-order valence-corrected chi connectivity index (χ3v) is 1.32. The Bertz CT molecular complexity index is 162. The summed E-state index contributed by atoms with van der Waals surface area (Å²) in [6.45, 7) is 0. The van der Waals surface area contributed by atoms with E-state index in [1.165, 1.54) is 0 Å². The second-order valence-electron chi connectivity index (χ2n) is 1.44. The summed E-state index contributed by atoms with van der Waals surface area (Å²) in [6.07, 6.45) is -3.58. The molecule has 0 aromatic rings. The molecule has 0 bridgehead atoms. The van der Waals surface area contributed by atoms with Gasteiger partial charge in [-0.1, -0.05) is 0 Å². The lowest BCUT2D eigenvalue weighted by Crippen LogP contribution is -2.07. The number of halogens is 2. The lowest BCUT2D eigenvalue weighted by molar-refractivity contribution is 0.144. The standard InChI is InChI=1S/C3H6F2O3S/c4-3(5)1-2-9(6,7)8/h3H,1-2H2,(H,6,7,8)/p-1.